The molecule has 0 spiro atoms. The maximum atomic E-state index is 4.72. The summed E-state index contributed by atoms with van der Waals surface area (Å²) in [7, 11) is 0. The predicted molar refractivity (Wildman–Crippen MR) is 80.1 cm³/mol. The number of allylic oxidation sites excluding steroid dienone is 3. The summed E-state index contributed by atoms with van der Waals surface area (Å²) in [5.41, 5.74) is 4.49. The molecule has 2 rings (SSSR count). The van der Waals surface area contributed by atoms with Gasteiger partial charge >= 0.3 is 0 Å². The fourth-order valence-corrected chi connectivity index (χ4v) is 3.06. The first kappa shape index (κ1) is 13.5. The number of hydrogen-bond acceptors (Lipinski definition) is 2. The van der Waals surface area contributed by atoms with Crippen LogP contribution in [0.25, 0.3) is 0 Å². The van der Waals surface area contributed by atoms with E-state index in [0.29, 0.717) is 11.8 Å². The Bertz CT molecular complexity index is 447. The lowest BCUT2D eigenvalue weighted by molar-refractivity contribution is 0.629. The molecule has 0 saturated heterocycles. The van der Waals surface area contributed by atoms with Gasteiger partial charge in [0.1, 0.15) is 0 Å². The molecule has 98 valence electrons. The Balaban J connectivity index is 1.96. The van der Waals surface area contributed by atoms with Crippen molar-refractivity contribution in [1.82, 2.24) is 4.98 Å². The lowest BCUT2D eigenvalue weighted by Gasteiger charge is -2.11. The minimum Gasteiger partial charge on any atom is -0.246 e. The lowest BCUT2D eigenvalue weighted by Crippen LogP contribution is -2.03. The van der Waals surface area contributed by atoms with Crippen LogP contribution in [0.4, 0.5) is 0 Å². The monoisotopic (exact) mass is 261 g/mol. The van der Waals surface area contributed by atoms with Crippen molar-refractivity contribution in [3.8, 4) is 0 Å². The Morgan fingerprint density at radius 3 is 2.72 bits per heavy atom. The van der Waals surface area contributed by atoms with E-state index >= 15 is 0 Å². The third-order valence-electron chi connectivity index (χ3n) is 3.54. The second-order valence-corrected chi connectivity index (χ2v) is 6.51. The highest BCUT2D eigenvalue weighted by Gasteiger charge is 2.17. The average molecular weight is 261 g/mol. The van der Waals surface area contributed by atoms with Crippen LogP contribution < -0.4 is 0 Å². The Labute approximate surface area is 115 Å². The molecule has 0 amide bonds. The van der Waals surface area contributed by atoms with E-state index in [9.17, 15) is 0 Å². The first-order valence-electron chi connectivity index (χ1n) is 6.84. The summed E-state index contributed by atoms with van der Waals surface area (Å²) in [5, 5.41) is 3.47. The van der Waals surface area contributed by atoms with Gasteiger partial charge in [0.15, 0.2) is 0 Å². The molecule has 2 heteroatoms. The first-order chi connectivity index (χ1) is 8.60. The molecular formula is C16H23NS. The van der Waals surface area contributed by atoms with Gasteiger partial charge in [0, 0.05) is 11.3 Å². The highest BCUT2D eigenvalue weighted by molar-refractivity contribution is 7.09. The molecule has 0 radical (unpaired) electrons. The molecule has 0 aliphatic heterocycles. The van der Waals surface area contributed by atoms with Crippen LogP contribution in [0.3, 0.4) is 0 Å². The largest absolute Gasteiger partial charge is 0.246 e. The second-order valence-electron chi connectivity index (χ2n) is 5.62. The van der Waals surface area contributed by atoms with Crippen LogP contribution in [0.1, 0.15) is 56.7 Å². The zero-order valence-electron chi connectivity index (χ0n) is 11.7. The molecule has 1 unspecified atom stereocenters. The zero-order chi connectivity index (χ0) is 13.1. The SMILES string of the molecule is C=CC(CC(C)=C1CC1)Cc1csc(C(C)C)n1. The summed E-state index contributed by atoms with van der Waals surface area (Å²) in [6.07, 6.45) is 6.94. The third-order valence-corrected chi connectivity index (χ3v) is 4.73. The topological polar surface area (TPSA) is 12.9 Å². The van der Waals surface area contributed by atoms with Crippen molar-refractivity contribution >= 4 is 11.3 Å². The molecule has 0 N–H and O–H groups in total. The molecule has 1 saturated carbocycles. The Morgan fingerprint density at radius 2 is 2.22 bits per heavy atom. The van der Waals surface area contributed by atoms with E-state index in [1.165, 1.54) is 23.5 Å². The van der Waals surface area contributed by atoms with Crippen LogP contribution in [0.2, 0.25) is 0 Å². The van der Waals surface area contributed by atoms with E-state index in [-0.39, 0.29) is 0 Å². The number of nitrogens with zero attached hydrogens (tertiary/aromatic N) is 1. The molecule has 0 bridgehead atoms. The van der Waals surface area contributed by atoms with Gasteiger partial charge in [-0.05, 0) is 38.5 Å². The van der Waals surface area contributed by atoms with E-state index in [0.717, 1.165) is 12.8 Å². The lowest BCUT2D eigenvalue weighted by atomic mass is 9.95. The van der Waals surface area contributed by atoms with Gasteiger partial charge in [-0.1, -0.05) is 31.1 Å². The summed E-state index contributed by atoms with van der Waals surface area (Å²) < 4.78 is 0. The Hall–Kier alpha value is -0.890. The quantitative estimate of drug-likeness (QED) is 0.648. The van der Waals surface area contributed by atoms with Crippen LogP contribution in [-0.2, 0) is 6.42 Å². The smallest absolute Gasteiger partial charge is 0.0953 e. The second kappa shape index (κ2) is 5.83. The van der Waals surface area contributed by atoms with Gasteiger partial charge in [-0.15, -0.1) is 17.9 Å². The van der Waals surface area contributed by atoms with Crippen LogP contribution in [0.5, 0.6) is 0 Å². The molecule has 1 aromatic rings. The van der Waals surface area contributed by atoms with Crippen LogP contribution in [0, 0.1) is 5.92 Å². The van der Waals surface area contributed by atoms with E-state index in [2.05, 4.69) is 38.8 Å². The van der Waals surface area contributed by atoms with Gasteiger partial charge in [0.25, 0.3) is 0 Å². The summed E-state index contributed by atoms with van der Waals surface area (Å²) in [4.78, 5) is 4.72. The molecule has 18 heavy (non-hydrogen) atoms. The van der Waals surface area contributed by atoms with Crippen molar-refractivity contribution in [3.63, 3.8) is 0 Å². The molecule has 1 nitrogen and oxygen atoms in total. The number of rotatable bonds is 6. The molecule has 1 fully saturated rings. The van der Waals surface area contributed by atoms with Crippen molar-refractivity contribution in [3.05, 3.63) is 39.9 Å². The van der Waals surface area contributed by atoms with E-state index in [1.807, 2.05) is 0 Å². The molecular weight excluding hydrogens is 238 g/mol. The fourth-order valence-electron chi connectivity index (χ4n) is 2.22. The van der Waals surface area contributed by atoms with Crippen LogP contribution >= 0.6 is 11.3 Å². The molecule has 1 aliphatic carbocycles. The number of aromatic nitrogens is 1. The Kier molecular flexibility index (Phi) is 4.39. The van der Waals surface area contributed by atoms with Crippen LogP contribution in [-0.4, -0.2) is 4.98 Å². The summed E-state index contributed by atoms with van der Waals surface area (Å²) in [5.74, 6) is 1.08. The molecule has 1 heterocycles. The summed E-state index contributed by atoms with van der Waals surface area (Å²) >= 11 is 1.79. The van der Waals surface area contributed by atoms with Crippen molar-refractivity contribution in [2.45, 2.75) is 52.4 Å². The van der Waals surface area contributed by atoms with Gasteiger partial charge in [-0.2, -0.15) is 0 Å². The van der Waals surface area contributed by atoms with E-state index in [4.69, 9.17) is 4.98 Å². The van der Waals surface area contributed by atoms with Gasteiger partial charge in [-0.25, -0.2) is 4.98 Å². The van der Waals surface area contributed by atoms with E-state index in [1.54, 1.807) is 22.5 Å². The third kappa shape index (κ3) is 3.55. The van der Waals surface area contributed by atoms with Gasteiger partial charge < -0.3 is 0 Å². The zero-order valence-corrected chi connectivity index (χ0v) is 12.5. The van der Waals surface area contributed by atoms with Gasteiger partial charge in [-0.3, -0.25) is 0 Å². The highest BCUT2D eigenvalue weighted by atomic mass is 32.1. The molecule has 1 atom stereocenters. The maximum Gasteiger partial charge on any atom is 0.0953 e. The number of thiazole rings is 1. The molecule has 1 aromatic heterocycles. The minimum atomic E-state index is 0.542. The minimum absolute atomic E-state index is 0.542. The van der Waals surface area contributed by atoms with Crippen molar-refractivity contribution in [2.24, 2.45) is 5.92 Å². The summed E-state index contributed by atoms with van der Waals surface area (Å²) in [6.45, 7) is 10.7. The predicted octanol–water partition coefficient (Wildman–Crippen LogP) is 5.11. The summed E-state index contributed by atoms with van der Waals surface area (Å²) in [6, 6.07) is 0. The fraction of sp³-hybridized carbons (Fsp3) is 0.562. The molecule has 0 aromatic carbocycles. The van der Waals surface area contributed by atoms with Crippen molar-refractivity contribution in [2.75, 3.05) is 0 Å². The first-order valence-corrected chi connectivity index (χ1v) is 7.72. The van der Waals surface area contributed by atoms with Crippen LogP contribution in [0.15, 0.2) is 29.2 Å². The van der Waals surface area contributed by atoms with Crippen molar-refractivity contribution in [1.29, 1.82) is 0 Å². The maximum absolute atomic E-state index is 4.72. The van der Waals surface area contributed by atoms with Gasteiger partial charge in [0.2, 0.25) is 0 Å². The average Bonchev–Trinajstić information content (AvgIpc) is 3.08. The van der Waals surface area contributed by atoms with Gasteiger partial charge in [0.05, 0.1) is 10.7 Å². The molecule has 1 aliphatic rings. The highest BCUT2D eigenvalue weighted by Crippen LogP contribution is 2.34. The Morgan fingerprint density at radius 1 is 1.50 bits per heavy atom. The number of hydrogen-bond donors (Lipinski definition) is 0. The standard InChI is InChI=1S/C16H23NS/c1-5-13(8-12(4)14-6-7-14)9-15-10-18-16(17-15)11(2)3/h5,10-11,13H,1,6-9H2,2-4H3. The van der Waals surface area contributed by atoms with Crippen molar-refractivity contribution < 1.29 is 0 Å². The van der Waals surface area contributed by atoms with E-state index < -0.39 is 0 Å². The normalized spacial score (nSPS) is 15.9.